The SMILES string of the molecule is O=C1Nc2ccccc2C1(O)c1cccc(F)c1. The van der Waals surface area contributed by atoms with Crippen LogP contribution in [0.5, 0.6) is 0 Å². The van der Waals surface area contributed by atoms with Gasteiger partial charge in [-0.2, -0.15) is 0 Å². The van der Waals surface area contributed by atoms with Gasteiger partial charge in [-0.25, -0.2) is 4.39 Å². The van der Waals surface area contributed by atoms with Crippen LogP contribution in [0.3, 0.4) is 0 Å². The molecule has 1 unspecified atom stereocenters. The summed E-state index contributed by atoms with van der Waals surface area (Å²) in [6, 6.07) is 12.3. The van der Waals surface area contributed by atoms with Gasteiger partial charge in [0, 0.05) is 16.8 Å². The van der Waals surface area contributed by atoms with E-state index in [1.54, 1.807) is 24.3 Å². The van der Waals surface area contributed by atoms with Crippen LogP contribution in [0, 0.1) is 5.82 Å². The van der Waals surface area contributed by atoms with Crippen molar-refractivity contribution in [3.63, 3.8) is 0 Å². The van der Waals surface area contributed by atoms with Crippen LogP contribution < -0.4 is 5.32 Å². The number of aliphatic hydroxyl groups is 1. The lowest BCUT2D eigenvalue weighted by atomic mass is 9.87. The van der Waals surface area contributed by atoms with E-state index >= 15 is 0 Å². The number of carbonyl (C=O) groups excluding carboxylic acids is 1. The number of nitrogens with one attached hydrogen (secondary N) is 1. The standard InChI is InChI=1S/C14H10FNO2/c15-10-5-3-4-9(8-10)14(18)11-6-1-2-7-12(11)16-13(14)17/h1-8,18H,(H,16,17). The number of anilines is 1. The Morgan fingerprint density at radius 2 is 1.89 bits per heavy atom. The molecule has 0 aliphatic carbocycles. The molecule has 0 fully saturated rings. The van der Waals surface area contributed by atoms with Gasteiger partial charge in [-0.3, -0.25) is 4.79 Å². The molecule has 0 spiro atoms. The van der Waals surface area contributed by atoms with Gasteiger partial charge in [-0.15, -0.1) is 0 Å². The number of hydrogen-bond donors (Lipinski definition) is 2. The first kappa shape index (κ1) is 10.9. The lowest BCUT2D eigenvalue weighted by Crippen LogP contribution is -2.35. The fourth-order valence-corrected chi connectivity index (χ4v) is 2.24. The summed E-state index contributed by atoms with van der Waals surface area (Å²) in [5.74, 6) is -1.05. The Labute approximate surface area is 103 Å². The van der Waals surface area contributed by atoms with Gasteiger partial charge in [0.1, 0.15) is 5.82 Å². The zero-order valence-corrected chi connectivity index (χ0v) is 9.35. The van der Waals surface area contributed by atoms with E-state index in [2.05, 4.69) is 5.32 Å². The van der Waals surface area contributed by atoms with Crippen LogP contribution in [-0.4, -0.2) is 11.0 Å². The van der Waals surface area contributed by atoms with Crippen molar-refractivity contribution in [1.82, 2.24) is 0 Å². The molecule has 0 saturated heterocycles. The first-order valence-electron chi connectivity index (χ1n) is 5.52. The molecule has 4 heteroatoms. The minimum atomic E-state index is -1.82. The summed E-state index contributed by atoms with van der Waals surface area (Å²) in [4.78, 5) is 12.0. The van der Waals surface area contributed by atoms with Gasteiger partial charge in [0.15, 0.2) is 5.60 Å². The quantitative estimate of drug-likeness (QED) is 0.805. The summed E-state index contributed by atoms with van der Waals surface area (Å²) in [6.07, 6.45) is 0. The smallest absolute Gasteiger partial charge is 0.265 e. The van der Waals surface area contributed by atoms with Crippen LogP contribution in [-0.2, 0) is 10.4 Å². The van der Waals surface area contributed by atoms with E-state index < -0.39 is 17.3 Å². The fraction of sp³-hybridized carbons (Fsp3) is 0.0714. The van der Waals surface area contributed by atoms with E-state index in [0.717, 1.165) is 0 Å². The number of hydrogen-bond acceptors (Lipinski definition) is 2. The molecule has 0 bridgehead atoms. The lowest BCUT2D eigenvalue weighted by Gasteiger charge is -2.21. The van der Waals surface area contributed by atoms with Crippen LogP contribution in [0.2, 0.25) is 0 Å². The molecule has 90 valence electrons. The highest BCUT2D eigenvalue weighted by molar-refractivity contribution is 6.07. The molecule has 1 atom stereocenters. The number of fused-ring (bicyclic) bond motifs is 1. The highest BCUT2D eigenvalue weighted by Gasteiger charge is 2.46. The third kappa shape index (κ3) is 1.36. The lowest BCUT2D eigenvalue weighted by molar-refractivity contribution is -0.129. The van der Waals surface area contributed by atoms with Gasteiger partial charge >= 0.3 is 0 Å². The predicted octanol–water partition coefficient (Wildman–Crippen LogP) is 2.01. The Morgan fingerprint density at radius 1 is 1.11 bits per heavy atom. The van der Waals surface area contributed by atoms with Crippen LogP contribution >= 0.6 is 0 Å². The zero-order chi connectivity index (χ0) is 12.8. The minimum Gasteiger partial charge on any atom is -0.372 e. The van der Waals surface area contributed by atoms with E-state index in [1.807, 2.05) is 0 Å². The zero-order valence-electron chi connectivity index (χ0n) is 9.35. The van der Waals surface area contributed by atoms with Crippen LogP contribution in [0.4, 0.5) is 10.1 Å². The highest BCUT2D eigenvalue weighted by Crippen LogP contribution is 2.40. The van der Waals surface area contributed by atoms with E-state index in [1.165, 1.54) is 24.3 Å². The number of rotatable bonds is 1. The molecule has 1 amide bonds. The van der Waals surface area contributed by atoms with E-state index in [4.69, 9.17) is 0 Å². The molecule has 2 aromatic rings. The molecule has 1 aliphatic heterocycles. The second kappa shape index (κ2) is 3.65. The number of halogens is 1. The highest BCUT2D eigenvalue weighted by atomic mass is 19.1. The second-order valence-corrected chi connectivity index (χ2v) is 4.22. The number of benzene rings is 2. The molecular weight excluding hydrogens is 233 g/mol. The molecule has 0 aromatic heterocycles. The summed E-state index contributed by atoms with van der Waals surface area (Å²) in [5, 5.41) is 13.2. The van der Waals surface area contributed by atoms with E-state index in [-0.39, 0.29) is 5.56 Å². The number of amides is 1. The van der Waals surface area contributed by atoms with Crippen molar-refractivity contribution in [2.45, 2.75) is 5.60 Å². The first-order chi connectivity index (χ1) is 8.62. The summed E-state index contributed by atoms with van der Waals surface area (Å²) in [6.45, 7) is 0. The Hall–Kier alpha value is -2.20. The molecular formula is C14H10FNO2. The third-order valence-electron chi connectivity index (χ3n) is 3.14. The molecule has 0 saturated carbocycles. The Morgan fingerprint density at radius 3 is 2.67 bits per heavy atom. The summed E-state index contributed by atoms with van der Waals surface area (Å²) >= 11 is 0. The Kier molecular flexibility index (Phi) is 2.21. The summed E-state index contributed by atoms with van der Waals surface area (Å²) < 4.78 is 13.3. The summed E-state index contributed by atoms with van der Waals surface area (Å²) in [7, 11) is 0. The molecule has 3 nitrogen and oxygen atoms in total. The number of para-hydroxylation sites is 1. The molecule has 3 rings (SSSR count). The van der Waals surface area contributed by atoms with Crippen LogP contribution in [0.25, 0.3) is 0 Å². The van der Waals surface area contributed by atoms with Crippen molar-refractivity contribution in [3.8, 4) is 0 Å². The fourth-order valence-electron chi connectivity index (χ4n) is 2.24. The van der Waals surface area contributed by atoms with Gasteiger partial charge in [-0.05, 0) is 18.2 Å². The number of carbonyl (C=O) groups is 1. The largest absolute Gasteiger partial charge is 0.372 e. The molecule has 18 heavy (non-hydrogen) atoms. The average Bonchev–Trinajstić information content (AvgIpc) is 2.63. The van der Waals surface area contributed by atoms with Crippen molar-refractivity contribution in [2.24, 2.45) is 0 Å². The second-order valence-electron chi connectivity index (χ2n) is 4.22. The maximum Gasteiger partial charge on any atom is 0.265 e. The van der Waals surface area contributed by atoms with E-state index in [9.17, 15) is 14.3 Å². The molecule has 1 aliphatic rings. The van der Waals surface area contributed by atoms with Gasteiger partial charge < -0.3 is 10.4 Å². The maximum atomic E-state index is 13.3. The van der Waals surface area contributed by atoms with Gasteiger partial charge in [-0.1, -0.05) is 30.3 Å². The average molecular weight is 243 g/mol. The van der Waals surface area contributed by atoms with Crippen molar-refractivity contribution in [1.29, 1.82) is 0 Å². The molecule has 0 radical (unpaired) electrons. The third-order valence-corrected chi connectivity index (χ3v) is 3.14. The Bertz CT molecular complexity index is 641. The molecule has 2 N–H and O–H groups in total. The normalized spacial score (nSPS) is 21.6. The topological polar surface area (TPSA) is 49.3 Å². The van der Waals surface area contributed by atoms with Crippen molar-refractivity contribution >= 4 is 11.6 Å². The maximum absolute atomic E-state index is 13.3. The van der Waals surface area contributed by atoms with Gasteiger partial charge in [0.2, 0.25) is 0 Å². The summed E-state index contributed by atoms with van der Waals surface area (Å²) in [5.41, 5.74) is -0.599. The molecule has 1 heterocycles. The van der Waals surface area contributed by atoms with E-state index in [0.29, 0.717) is 11.3 Å². The minimum absolute atomic E-state index is 0.227. The van der Waals surface area contributed by atoms with Crippen LogP contribution in [0.1, 0.15) is 11.1 Å². The van der Waals surface area contributed by atoms with Crippen molar-refractivity contribution < 1.29 is 14.3 Å². The van der Waals surface area contributed by atoms with Gasteiger partial charge in [0.25, 0.3) is 5.91 Å². The van der Waals surface area contributed by atoms with Crippen molar-refractivity contribution in [3.05, 3.63) is 65.5 Å². The predicted molar refractivity (Wildman–Crippen MR) is 64.5 cm³/mol. The Balaban J connectivity index is 2.23. The van der Waals surface area contributed by atoms with Crippen LogP contribution in [0.15, 0.2) is 48.5 Å². The molecule has 2 aromatic carbocycles. The first-order valence-corrected chi connectivity index (χ1v) is 5.52. The van der Waals surface area contributed by atoms with Crippen molar-refractivity contribution in [2.75, 3.05) is 5.32 Å². The monoisotopic (exact) mass is 243 g/mol. The van der Waals surface area contributed by atoms with Gasteiger partial charge in [0.05, 0.1) is 0 Å².